The zero-order valence-electron chi connectivity index (χ0n) is 7.30. The largest absolute Gasteiger partial charge is 0.495 e. The van der Waals surface area contributed by atoms with Crippen molar-refractivity contribution in [1.82, 2.24) is 0 Å². The zero-order valence-corrected chi connectivity index (χ0v) is 8.87. The van der Waals surface area contributed by atoms with E-state index in [-0.39, 0.29) is 0 Å². The van der Waals surface area contributed by atoms with Crippen LogP contribution < -0.4 is 4.74 Å². The van der Waals surface area contributed by atoms with Crippen LogP contribution in [-0.2, 0) is 0 Å². The fraction of sp³-hybridized carbons (Fsp3) is 0.222. The van der Waals surface area contributed by atoms with Crippen molar-refractivity contribution in [2.24, 2.45) is 0 Å². The molecule has 0 spiro atoms. The van der Waals surface area contributed by atoms with Crippen LogP contribution in [0.2, 0.25) is 5.02 Å². The molecule has 2 nitrogen and oxygen atoms in total. The molecular weight excluding hydrogens is 206 g/mol. The molecule has 0 aromatic heterocycles. The molecule has 0 radical (unpaired) electrons. The molecule has 0 bridgehead atoms. The minimum atomic E-state index is 0.508. The predicted octanol–water partition coefficient (Wildman–Crippen LogP) is 2.94. The highest BCUT2D eigenvalue weighted by molar-refractivity contribution is 7.98. The van der Waals surface area contributed by atoms with Gasteiger partial charge in [-0.25, -0.2) is 0 Å². The summed E-state index contributed by atoms with van der Waals surface area (Å²) < 4.78 is 5.03. The molecule has 0 atom stereocenters. The summed E-state index contributed by atoms with van der Waals surface area (Å²) >= 11 is 7.44. The Labute approximate surface area is 86.5 Å². The number of ether oxygens (including phenoxy) is 1. The van der Waals surface area contributed by atoms with Crippen molar-refractivity contribution in [1.29, 1.82) is 5.26 Å². The van der Waals surface area contributed by atoms with Gasteiger partial charge in [0.15, 0.2) is 0 Å². The van der Waals surface area contributed by atoms with Crippen LogP contribution in [0.5, 0.6) is 5.75 Å². The van der Waals surface area contributed by atoms with E-state index in [1.165, 1.54) is 11.8 Å². The number of thioether (sulfide) groups is 1. The third-order valence-electron chi connectivity index (χ3n) is 1.61. The second-order valence-corrected chi connectivity index (χ2v) is 3.47. The normalized spacial score (nSPS) is 9.38. The maximum absolute atomic E-state index is 8.77. The zero-order chi connectivity index (χ0) is 9.84. The Morgan fingerprint density at radius 2 is 2.23 bits per heavy atom. The molecule has 1 aromatic rings. The maximum atomic E-state index is 8.77. The van der Waals surface area contributed by atoms with Gasteiger partial charge in [0.1, 0.15) is 11.8 Å². The standard InChI is InChI=1S/C9H8ClNOS/c1-12-7-4-3-6(5-11)9(13-2)8(7)10/h3-4H,1-2H3. The van der Waals surface area contributed by atoms with Crippen LogP contribution in [0, 0.1) is 11.3 Å². The fourth-order valence-electron chi connectivity index (χ4n) is 0.983. The van der Waals surface area contributed by atoms with E-state index in [4.69, 9.17) is 21.6 Å². The first-order valence-corrected chi connectivity index (χ1v) is 5.15. The Balaban J connectivity index is 3.34. The lowest BCUT2D eigenvalue weighted by Gasteiger charge is -2.07. The van der Waals surface area contributed by atoms with E-state index in [0.717, 1.165) is 4.90 Å². The number of hydrogen-bond donors (Lipinski definition) is 0. The van der Waals surface area contributed by atoms with Gasteiger partial charge >= 0.3 is 0 Å². The number of hydrogen-bond acceptors (Lipinski definition) is 3. The van der Waals surface area contributed by atoms with E-state index in [1.807, 2.05) is 6.26 Å². The summed E-state index contributed by atoms with van der Waals surface area (Å²) in [5.74, 6) is 0.602. The van der Waals surface area contributed by atoms with Gasteiger partial charge in [-0.1, -0.05) is 11.6 Å². The smallest absolute Gasteiger partial charge is 0.138 e. The molecule has 4 heteroatoms. The van der Waals surface area contributed by atoms with Gasteiger partial charge in [-0.2, -0.15) is 5.26 Å². The Bertz CT molecular complexity index is 359. The molecule has 0 saturated carbocycles. The molecule has 0 N–H and O–H groups in total. The van der Waals surface area contributed by atoms with E-state index in [9.17, 15) is 0 Å². The van der Waals surface area contributed by atoms with Crippen molar-refractivity contribution < 1.29 is 4.74 Å². The van der Waals surface area contributed by atoms with E-state index >= 15 is 0 Å². The summed E-state index contributed by atoms with van der Waals surface area (Å²) in [6, 6.07) is 5.48. The molecule has 0 heterocycles. The predicted molar refractivity (Wildman–Crippen MR) is 54.5 cm³/mol. The number of methoxy groups -OCH3 is 1. The van der Waals surface area contributed by atoms with Gasteiger partial charge in [0.25, 0.3) is 0 Å². The van der Waals surface area contributed by atoms with Gasteiger partial charge in [-0.05, 0) is 18.4 Å². The molecule has 0 aliphatic heterocycles. The lowest BCUT2D eigenvalue weighted by atomic mass is 10.2. The average molecular weight is 214 g/mol. The lowest BCUT2D eigenvalue weighted by molar-refractivity contribution is 0.414. The monoisotopic (exact) mass is 213 g/mol. The van der Waals surface area contributed by atoms with E-state index < -0.39 is 0 Å². The van der Waals surface area contributed by atoms with Crippen molar-refractivity contribution in [2.45, 2.75) is 4.90 Å². The summed E-state index contributed by atoms with van der Waals surface area (Å²) in [6.45, 7) is 0. The van der Waals surface area contributed by atoms with Crippen molar-refractivity contribution in [3.8, 4) is 11.8 Å². The van der Waals surface area contributed by atoms with Crippen LogP contribution in [0.1, 0.15) is 5.56 Å². The van der Waals surface area contributed by atoms with Gasteiger partial charge in [0, 0.05) is 4.90 Å². The summed E-state index contributed by atoms with van der Waals surface area (Å²) in [4.78, 5) is 0.767. The van der Waals surface area contributed by atoms with Crippen molar-refractivity contribution in [3.05, 3.63) is 22.7 Å². The van der Waals surface area contributed by atoms with Gasteiger partial charge < -0.3 is 4.74 Å². The van der Waals surface area contributed by atoms with Crippen molar-refractivity contribution >= 4 is 23.4 Å². The first-order chi connectivity index (χ1) is 6.24. The Morgan fingerprint density at radius 1 is 1.54 bits per heavy atom. The molecule has 1 rings (SSSR count). The van der Waals surface area contributed by atoms with Crippen molar-refractivity contribution in [2.75, 3.05) is 13.4 Å². The number of rotatable bonds is 2. The first kappa shape index (κ1) is 10.2. The van der Waals surface area contributed by atoms with Gasteiger partial charge in [0.05, 0.1) is 17.7 Å². The van der Waals surface area contributed by atoms with Crippen LogP contribution in [0.15, 0.2) is 17.0 Å². The van der Waals surface area contributed by atoms with Crippen molar-refractivity contribution in [3.63, 3.8) is 0 Å². The average Bonchev–Trinajstić information content (AvgIpc) is 2.17. The molecule has 0 aliphatic rings. The second-order valence-electron chi connectivity index (χ2n) is 2.27. The highest BCUT2D eigenvalue weighted by atomic mass is 35.5. The van der Waals surface area contributed by atoms with E-state index in [2.05, 4.69) is 6.07 Å². The second kappa shape index (κ2) is 4.40. The highest BCUT2D eigenvalue weighted by Gasteiger charge is 2.10. The van der Waals surface area contributed by atoms with Gasteiger partial charge in [0.2, 0.25) is 0 Å². The molecule has 0 fully saturated rings. The van der Waals surface area contributed by atoms with Crippen LogP contribution in [0.4, 0.5) is 0 Å². The minimum absolute atomic E-state index is 0.508. The Hall–Kier alpha value is -0.850. The van der Waals surface area contributed by atoms with Crippen LogP contribution in [0.3, 0.4) is 0 Å². The molecular formula is C9H8ClNOS. The summed E-state index contributed by atoms with van der Waals surface area (Å²) in [5, 5.41) is 9.28. The lowest BCUT2D eigenvalue weighted by Crippen LogP contribution is -1.88. The Kier molecular flexibility index (Phi) is 3.47. The molecule has 68 valence electrons. The van der Waals surface area contributed by atoms with Gasteiger partial charge in [-0.3, -0.25) is 0 Å². The minimum Gasteiger partial charge on any atom is -0.495 e. The topological polar surface area (TPSA) is 33.0 Å². The van der Waals surface area contributed by atoms with Crippen LogP contribution in [-0.4, -0.2) is 13.4 Å². The molecule has 0 amide bonds. The molecule has 0 unspecified atom stereocenters. The van der Waals surface area contributed by atoms with E-state index in [0.29, 0.717) is 16.3 Å². The third-order valence-corrected chi connectivity index (χ3v) is 2.93. The highest BCUT2D eigenvalue weighted by Crippen LogP contribution is 2.35. The third kappa shape index (κ3) is 1.90. The van der Waals surface area contributed by atoms with Gasteiger partial charge in [-0.15, -0.1) is 11.8 Å². The van der Waals surface area contributed by atoms with Crippen LogP contribution >= 0.6 is 23.4 Å². The Morgan fingerprint density at radius 3 is 2.69 bits per heavy atom. The molecule has 1 aromatic carbocycles. The molecule has 13 heavy (non-hydrogen) atoms. The summed E-state index contributed by atoms with van der Waals surface area (Å²) in [6.07, 6.45) is 1.88. The summed E-state index contributed by atoms with van der Waals surface area (Å²) in [7, 11) is 1.55. The molecule has 0 saturated heterocycles. The SMILES string of the molecule is COc1ccc(C#N)c(SC)c1Cl. The number of nitrogens with zero attached hydrogens (tertiary/aromatic N) is 1. The number of nitriles is 1. The maximum Gasteiger partial charge on any atom is 0.138 e. The number of halogens is 1. The first-order valence-electron chi connectivity index (χ1n) is 3.55. The van der Waals surface area contributed by atoms with E-state index in [1.54, 1.807) is 19.2 Å². The number of benzene rings is 1. The molecule has 0 aliphatic carbocycles. The fourth-order valence-corrected chi connectivity index (χ4v) is 2.07. The summed E-state index contributed by atoms with van der Waals surface area (Å²) in [5.41, 5.74) is 0.582. The van der Waals surface area contributed by atoms with Crippen LogP contribution in [0.25, 0.3) is 0 Å². The quantitative estimate of drug-likeness (QED) is 0.709.